The van der Waals surface area contributed by atoms with E-state index in [4.69, 9.17) is 0 Å². The summed E-state index contributed by atoms with van der Waals surface area (Å²) in [6.07, 6.45) is 3.94. The molecule has 1 fully saturated rings. The third kappa shape index (κ3) is 3.93. The van der Waals surface area contributed by atoms with Gasteiger partial charge in [0.2, 0.25) is 0 Å². The van der Waals surface area contributed by atoms with Gasteiger partial charge in [0.15, 0.2) is 0 Å². The molecule has 2 aliphatic rings. The first-order chi connectivity index (χ1) is 17.2. The van der Waals surface area contributed by atoms with Crippen LogP contribution in [0.15, 0.2) is 133 Å². The van der Waals surface area contributed by atoms with Crippen LogP contribution in [0.1, 0.15) is 20.3 Å². The molecule has 4 aromatic carbocycles. The lowest BCUT2D eigenvalue weighted by molar-refractivity contribution is 0.541. The molecule has 1 saturated carbocycles. The van der Waals surface area contributed by atoms with E-state index < -0.39 is 15.8 Å². The Morgan fingerprint density at radius 2 is 1.00 bits per heavy atom. The number of benzene rings is 4. The molecule has 0 radical (unpaired) electrons. The molecule has 35 heavy (non-hydrogen) atoms. The van der Waals surface area contributed by atoms with Crippen molar-refractivity contribution in [2.75, 3.05) is 0 Å². The summed E-state index contributed by atoms with van der Waals surface area (Å²) < 4.78 is 0. The molecule has 0 saturated heterocycles. The Balaban J connectivity index is 1.59. The zero-order chi connectivity index (χ0) is 23.8. The first kappa shape index (κ1) is 22.9. The van der Waals surface area contributed by atoms with E-state index in [2.05, 4.69) is 141 Å². The van der Waals surface area contributed by atoms with Crippen molar-refractivity contribution in [3.63, 3.8) is 0 Å². The molecule has 4 atom stereocenters. The highest BCUT2D eigenvalue weighted by atomic mass is 31.1. The van der Waals surface area contributed by atoms with Crippen molar-refractivity contribution >= 4 is 37.1 Å². The minimum absolute atomic E-state index is 0.180. The molecule has 2 aliphatic carbocycles. The third-order valence-electron chi connectivity index (χ3n) is 8.14. The first-order valence-electron chi connectivity index (χ1n) is 12.7. The zero-order valence-corrected chi connectivity index (χ0v) is 22.2. The number of allylic oxidation sites excluding steroid dienone is 2. The molecule has 0 aromatic heterocycles. The molecule has 0 heterocycles. The maximum atomic E-state index is 2.65. The number of hydrogen-bond acceptors (Lipinski definition) is 0. The Morgan fingerprint density at radius 1 is 0.600 bits per heavy atom. The molecule has 0 N–H and O–H groups in total. The SMILES string of the molecule is CC1=CC2C[C@H]1[C@@H](P(c1ccccc1)c1ccccc1)C2(C)P(c1ccccc1)c1ccccc1. The molecule has 4 aromatic rings. The molecule has 2 bridgehead atoms. The van der Waals surface area contributed by atoms with Crippen molar-refractivity contribution in [3.05, 3.63) is 133 Å². The lowest BCUT2D eigenvalue weighted by Gasteiger charge is -2.50. The van der Waals surface area contributed by atoms with E-state index in [0.717, 1.165) is 0 Å². The smallest absolute Gasteiger partial charge is 0.00995 e. The summed E-state index contributed by atoms with van der Waals surface area (Å²) in [6.45, 7) is 5.05. The van der Waals surface area contributed by atoms with Gasteiger partial charge >= 0.3 is 0 Å². The van der Waals surface area contributed by atoms with Crippen molar-refractivity contribution in [2.45, 2.75) is 31.1 Å². The molecular weight excluding hydrogens is 458 g/mol. The molecule has 2 unspecified atom stereocenters. The summed E-state index contributed by atoms with van der Waals surface area (Å²) in [7, 11) is -1.07. The van der Waals surface area contributed by atoms with Gasteiger partial charge in [-0.2, -0.15) is 0 Å². The van der Waals surface area contributed by atoms with Gasteiger partial charge in [-0.1, -0.05) is 140 Å². The summed E-state index contributed by atoms with van der Waals surface area (Å²) in [5, 5.41) is 6.23. The lowest BCUT2D eigenvalue weighted by Crippen LogP contribution is -2.48. The fourth-order valence-electron chi connectivity index (χ4n) is 6.63. The van der Waals surface area contributed by atoms with E-state index in [1.807, 2.05) is 0 Å². The average Bonchev–Trinajstić information content (AvgIpc) is 3.42. The van der Waals surface area contributed by atoms with Gasteiger partial charge in [-0.15, -0.1) is 0 Å². The molecule has 0 nitrogen and oxygen atoms in total. The quantitative estimate of drug-likeness (QED) is 0.202. The van der Waals surface area contributed by atoms with Gasteiger partial charge in [0.05, 0.1) is 0 Å². The second kappa shape index (κ2) is 9.50. The van der Waals surface area contributed by atoms with E-state index >= 15 is 0 Å². The molecule has 0 spiro atoms. The van der Waals surface area contributed by atoms with Crippen molar-refractivity contribution in [3.8, 4) is 0 Å². The van der Waals surface area contributed by atoms with Crippen LogP contribution in [-0.2, 0) is 0 Å². The van der Waals surface area contributed by atoms with Gasteiger partial charge < -0.3 is 0 Å². The van der Waals surface area contributed by atoms with Crippen molar-refractivity contribution in [2.24, 2.45) is 11.8 Å². The second-order valence-corrected chi connectivity index (χ2v) is 15.1. The van der Waals surface area contributed by atoms with Crippen LogP contribution in [0, 0.1) is 11.8 Å². The normalized spacial score (nSPS) is 25.3. The third-order valence-corrected chi connectivity index (χ3v) is 14.7. The molecule has 174 valence electrons. The highest BCUT2D eigenvalue weighted by molar-refractivity contribution is 7.78. The van der Waals surface area contributed by atoms with E-state index in [9.17, 15) is 0 Å². The largest absolute Gasteiger partial charge is 0.0812 e. The summed E-state index contributed by atoms with van der Waals surface area (Å²) in [5.41, 5.74) is 2.22. The van der Waals surface area contributed by atoms with Crippen LogP contribution in [0.25, 0.3) is 0 Å². The predicted octanol–water partition coefficient (Wildman–Crippen LogP) is 6.98. The van der Waals surface area contributed by atoms with Crippen LogP contribution >= 0.6 is 15.8 Å². The predicted molar refractivity (Wildman–Crippen MR) is 156 cm³/mol. The Hall–Kier alpha value is -2.52. The van der Waals surface area contributed by atoms with Gasteiger partial charge in [-0.05, 0) is 62.2 Å². The molecule has 0 aliphatic heterocycles. The number of rotatable bonds is 6. The second-order valence-electron chi connectivity index (χ2n) is 10.1. The maximum Gasteiger partial charge on any atom is 0.00995 e. The van der Waals surface area contributed by atoms with E-state index in [1.54, 1.807) is 5.57 Å². The molecule has 6 rings (SSSR count). The summed E-state index contributed by atoms with van der Waals surface area (Å²) in [5.74, 6) is 1.26. The lowest BCUT2D eigenvalue weighted by atomic mass is 9.90. The number of hydrogen-bond donors (Lipinski definition) is 0. The van der Waals surface area contributed by atoms with Crippen LogP contribution < -0.4 is 21.2 Å². The van der Waals surface area contributed by atoms with E-state index in [1.165, 1.54) is 27.6 Å². The van der Waals surface area contributed by atoms with Gasteiger partial charge in [0.25, 0.3) is 0 Å². The highest BCUT2D eigenvalue weighted by Gasteiger charge is 2.61. The zero-order valence-electron chi connectivity index (χ0n) is 20.5. The fraction of sp³-hybridized carbons (Fsp3) is 0.212. The standard InChI is InChI=1S/C33H32P2/c1-25-23-26-24-31(25)32(34(27-15-7-3-8-16-27)28-17-9-4-10-18-28)33(26,2)35(29-19-11-5-12-20-29)30-21-13-6-14-22-30/h3-23,26,31-32H,24H2,1-2H3/t26?,31-,32-,33?/m1/s1. The Morgan fingerprint density at radius 3 is 1.43 bits per heavy atom. The van der Waals surface area contributed by atoms with E-state index in [-0.39, 0.29) is 5.16 Å². The average molecular weight is 491 g/mol. The number of fused-ring (bicyclic) bond motifs is 2. The van der Waals surface area contributed by atoms with Gasteiger partial charge in [0.1, 0.15) is 0 Å². The van der Waals surface area contributed by atoms with Gasteiger partial charge in [-0.25, -0.2) is 0 Å². The van der Waals surface area contributed by atoms with Crippen molar-refractivity contribution < 1.29 is 0 Å². The van der Waals surface area contributed by atoms with Crippen molar-refractivity contribution in [1.29, 1.82) is 0 Å². The summed E-state index contributed by atoms with van der Waals surface area (Å²) >= 11 is 0. The Labute approximate surface area is 212 Å². The van der Waals surface area contributed by atoms with Crippen LogP contribution in [0.4, 0.5) is 0 Å². The maximum absolute atomic E-state index is 2.65. The van der Waals surface area contributed by atoms with Gasteiger partial charge in [-0.3, -0.25) is 0 Å². The fourth-order valence-corrected chi connectivity index (χ4v) is 14.0. The van der Waals surface area contributed by atoms with Gasteiger partial charge in [0, 0.05) is 10.8 Å². The summed E-state index contributed by atoms with van der Waals surface area (Å²) in [6, 6.07) is 45.6. The molecule has 2 heteroatoms. The Kier molecular flexibility index (Phi) is 6.22. The minimum atomic E-state index is -0.549. The highest BCUT2D eigenvalue weighted by Crippen LogP contribution is 2.71. The summed E-state index contributed by atoms with van der Waals surface area (Å²) in [4.78, 5) is 0. The van der Waals surface area contributed by atoms with E-state index in [0.29, 0.717) is 17.5 Å². The molecular formula is C33H32P2. The molecule has 0 amide bonds. The van der Waals surface area contributed by atoms with Crippen LogP contribution in [0.5, 0.6) is 0 Å². The topological polar surface area (TPSA) is 0 Å². The monoisotopic (exact) mass is 490 g/mol. The van der Waals surface area contributed by atoms with Crippen LogP contribution in [-0.4, -0.2) is 10.8 Å². The minimum Gasteiger partial charge on any atom is -0.0812 e. The Bertz CT molecular complexity index is 1220. The van der Waals surface area contributed by atoms with Crippen LogP contribution in [0.2, 0.25) is 0 Å². The first-order valence-corrected chi connectivity index (χ1v) is 15.4. The van der Waals surface area contributed by atoms with Crippen LogP contribution in [0.3, 0.4) is 0 Å². The van der Waals surface area contributed by atoms with Crippen molar-refractivity contribution in [1.82, 2.24) is 0 Å².